The Kier molecular flexibility index (Phi) is 5.30. The molecule has 7 nitrogen and oxygen atoms in total. The van der Waals surface area contributed by atoms with E-state index in [1.807, 2.05) is 11.9 Å². The molecular weight excluding hydrogens is 272 g/mol. The fourth-order valence-corrected chi connectivity index (χ4v) is 2.69. The second kappa shape index (κ2) is 6.33. The maximum atomic E-state index is 11.9. The molecule has 1 rings (SSSR count). The summed E-state index contributed by atoms with van der Waals surface area (Å²) in [6, 6.07) is -1.15. The average molecular weight is 292 g/mol. The van der Waals surface area contributed by atoms with Crippen LogP contribution in [-0.2, 0) is 19.4 Å². The molecule has 2 unspecified atom stereocenters. The number of likely N-dealkylation sites (tertiary alicyclic amines) is 1. The molecule has 1 fully saturated rings. The summed E-state index contributed by atoms with van der Waals surface area (Å²) in [5.41, 5.74) is 0. The molecular formula is C11H20N2O5S. The van der Waals surface area contributed by atoms with E-state index in [1.165, 1.54) is 0 Å². The Morgan fingerprint density at radius 1 is 1.47 bits per heavy atom. The van der Waals surface area contributed by atoms with Crippen molar-refractivity contribution in [2.24, 2.45) is 5.92 Å². The molecule has 0 aromatic rings. The molecule has 0 saturated carbocycles. The minimum Gasteiger partial charge on any atom is -0.480 e. The zero-order valence-corrected chi connectivity index (χ0v) is 11.9. The first kappa shape index (κ1) is 15.9. The van der Waals surface area contributed by atoms with Crippen LogP contribution in [0.25, 0.3) is 0 Å². The molecule has 0 aromatic carbocycles. The molecule has 1 amide bonds. The van der Waals surface area contributed by atoms with E-state index >= 15 is 0 Å². The van der Waals surface area contributed by atoms with Crippen LogP contribution in [0.4, 0.5) is 0 Å². The first-order chi connectivity index (χ1) is 8.69. The molecule has 1 aliphatic heterocycles. The number of rotatable bonds is 6. The number of carboxylic acids is 1. The van der Waals surface area contributed by atoms with E-state index in [4.69, 9.17) is 5.11 Å². The Balaban J connectivity index is 2.54. The third-order valence-electron chi connectivity index (χ3n) is 3.15. The summed E-state index contributed by atoms with van der Waals surface area (Å²) in [4.78, 5) is 24.9. The van der Waals surface area contributed by atoms with Gasteiger partial charge in [-0.3, -0.25) is 4.79 Å². The van der Waals surface area contributed by atoms with Gasteiger partial charge in [-0.25, -0.2) is 13.2 Å². The molecule has 19 heavy (non-hydrogen) atoms. The average Bonchev–Trinajstić information content (AvgIpc) is 2.69. The fourth-order valence-electron chi connectivity index (χ4n) is 2.03. The zero-order valence-electron chi connectivity index (χ0n) is 11.1. The number of carbonyl (C=O) groups is 2. The first-order valence-corrected chi connectivity index (χ1v) is 8.14. The van der Waals surface area contributed by atoms with Crippen molar-refractivity contribution < 1.29 is 23.1 Å². The summed E-state index contributed by atoms with van der Waals surface area (Å²) in [5.74, 6) is -1.99. The van der Waals surface area contributed by atoms with E-state index in [1.54, 1.807) is 0 Å². The number of carbonyl (C=O) groups excluding carboxylic acids is 1. The summed E-state index contributed by atoms with van der Waals surface area (Å²) in [6.45, 7) is 1.41. The molecule has 0 spiro atoms. The summed E-state index contributed by atoms with van der Waals surface area (Å²) < 4.78 is 22.1. The molecule has 1 aliphatic rings. The van der Waals surface area contributed by atoms with Crippen molar-refractivity contribution in [3.05, 3.63) is 0 Å². The lowest BCUT2D eigenvalue weighted by Crippen LogP contribution is -2.45. The van der Waals surface area contributed by atoms with Gasteiger partial charge < -0.3 is 15.3 Å². The van der Waals surface area contributed by atoms with Gasteiger partial charge in [0.15, 0.2) is 0 Å². The summed E-state index contributed by atoms with van der Waals surface area (Å²) in [6.07, 6.45) is 1.63. The lowest BCUT2D eigenvalue weighted by molar-refractivity contribution is -0.142. The van der Waals surface area contributed by atoms with Gasteiger partial charge in [0.1, 0.15) is 15.9 Å². The highest BCUT2D eigenvalue weighted by Gasteiger charge is 2.29. The van der Waals surface area contributed by atoms with Crippen LogP contribution in [-0.4, -0.2) is 68.5 Å². The van der Waals surface area contributed by atoms with Crippen LogP contribution < -0.4 is 5.32 Å². The molecule has 8 heteroatoms. The summed E-state index contributed by atoms with van der Waals surface area (Å²) >= 11 is 0. The van der Waals surface area contributed by atoms with E-state index in [2.05, 4.69) is 5.32 Å². The fraction of sp³-hybridized carbons (Fsp3) is 0.818. The number of aliphatic carboxylic acids is 1. The summed E-state index contributed by atoms with van der Waals surface area (Å²) in [5, 5.41) is 11.4. The van der Waals surface area contributed by atoms with Crippen LogP contribution >= 0.6 is 0 Å². The molecule has 0 radical (unpaired) electrons. The number of hydrogen-bond donors (Lipinski definition) is 2. The number of sulfone groups is 1. The first-order valence-electron chi connectivity index (χ1n) is 6.08. The monoisotopic (exact) mass is 292 g/mol. The van der Waals surface area contributed by atoms with Gasteiger partial charge in [-0.1, -0.05) is 0 Å². The highest BCUT2D eigenvalue weighted by atomic mass is 32.2. The maximum absolute atomic E-state index is 11.9. The molecule has 1 saturated heterocycles. The Hall–Kier alpha value is -1.15. The van der Waals surface area contributed by atoms with Crippen LogP contribution in [0, 0.1) is 5.92 Å². The van der Waals surface area contributed by atoms with Crippen LogP contribution in [0.15, 0.2) is 0 Å². The van der Waals surface area contributed by atoms with Gasteiger partial charge in [-0.05, 0) is 26.4 Å². The van der Waals surface area contributed by atoms with E-state index in [-0.39, 0.29) is 24.0 Å². The van der Waals surface area contributed by atoms with Gasteiger partial charge in [0.25, 0.3) is 0 Å². The van der Waals surface area contributed by atoms with Crippen molar-refractivity contribution in [3.8, 4) is 0 Å². The van der Waals surface area contributed by atoms with Gasteiger partial charge >= 0.3 is 5.97 Å². The van der Waals surface area contributed by atoms with Gasteiger partial charge in [-0.15, -0.1) is 0 Å². The van der Waals surface area contributed by atoms with Gasteiger partial charge in [0, 0.05) is 12.8 Å². The number of amides is 1. The number of hydrogen-bond acceptors (Lipinski definition) is 5. The minimum absolute atomic E-state index is 0.109. The van der Waals surface area contributed by atoms with Gasteiger partial charge in [-0.2, -0.15) is 0 Å². The molecule has 2 atom stereocenters. The largest absolute Gasteiger partial charge is 0.480 e. The van der Waals surface area contributed by atoms with Crippen molar-refractivity contribution in [1.82, 2.24) is 10.2 Å². The lowest BCUT2D eigenvalue weighted by atomic mass is 10.1. The van der Waals surface area contributed by atoms with Crippen LogP contribution in [0.3, 0.4) is 0 Å². The Morgan fingerprint density at radius 3 is 2.53 bits per heavy atom. The van der Waals surface area contributed by atoms with Gasteiger partial charge in [0.05, 0.1) is 11.7 Å². The lowest BCUT2D eigenvalue weighted by Gasteiger charge is -2.17. The highest BCUT2D eigenvalue weighted by molar-refractivity contribution is 7.90. The normalized spacial score (nSPS) is 22.1. The number of nitrogens with one attached hydrogen (secondary N) is 1. The third kappa shape index (κ3) is 5.56. The van der Waals surface area contributed by atoms with Crippen molar-refractivity contribution in [3.63, 3.8) is 0 Å². The van der Waals surface area contributed by atoms with Crippen LogP contribution in [0.1, 0.15) is 12.8 Å². The van der Waals surface area contributed by atoms with E-state index in [0.717, 1.165) is 12.8 Å². The van der Waals surface area contributed by atoms with Crippen LogP contribution in [0.5, 0.6) is 0 Å². The Bertz CT molecular complexity index is 448. The Morgan fingerprint density at radius 2 is 2.11 bits per heavy atom. The zero-order chi connectivity index (χ0) is 14.6. The second-order valence-electron chi connectivity index (χ2n) is 5.07. The van der Waals surface area contributed by atoms with Crippen molar-refractivity contribution in [1.29, 1.82) is 0 Å². The van der Waals surface area contributed by atoms with Crippen molar-refractivity contribution in [2.75, 3.05) is 32.1 Å². The molecule has 0 aliphatic carbocycles. The van der Waals surface area contributed by atoms with E-state index < -0.39 is 21.8 Å². The number of carboxylic acid groups (broad SMARTS) is 1. The third-order valence-corrected chi connectivity index (χ3v) is 4.13. The molecule has 0 aromatic heterocycles. The minimum atomic E-state index is -3.24. The topological polar surface area (TPSA) is 104 Å². The molecule has 110 valence electrons. The molecule has 0 bridgehead atoms. The predicted octanol–water partition coefficient (Wildman–Crippen LogP) is -1.06. The molecule has 1 heterocycles. The SMILES string of the molecule is CN1CCC(C(=O)NC(CCS(C)(=O)=O)C(=O)O)C1. The highest BCUT2D eigenvalue weighted by Crippen LogP contribution is 2.14. The number of nitrogens with zero attached hydrogens (tertiary/aromatic N) is 1. The second-order valence-corrected chi connectivity index (χ2v) is 7.33. The maximum Gasteiger partial charge on any atom is 0.326 e. The summed E-state index contributed by atoms with van der Waals surface area (Å²) in [7, 11) is -1.34. The van der Waals surface area contributed by atoms with Crippen molar-refractivity contribution in [2.45, 2.75) is 18.9 Å². The molecule has 2 N–H and O–H groups in total. The standard InChI is InChI=1S/C11H20N2O5S/c1-13-5-3-8(7-13)10(14)12-9(11(15)16)4-6-19(2,17)18/h8-9H,3-7H2,1-2H3,(H,12,14)(H,15,16). The smallest absolute Gasteiger partial charge is 0.326 e. The Labute approximate surface area is 112 Å². The van der Waals surface area contributed by atoms with Gasteiger partial charge in [0.2, 0.25) is 5.91 Å². The predicted molar refractivity (Wildman–Crippen MR) is 69.5 cm³/mol. The van der Waals surface area contributed by atoms with E-state index in [0.29, 0.717) is 13.0 Å². The quantitative estimate of drug-likeness (QED) is 0.647. The van der Waals surface area contributed by atoms with E-state index in [9.17, 15) is 18.0 Å². The van der Waals surface area contributed by atoms with Crippen molar-refractivity contribution >= 4 is 21.7 Å². The van der Waals surface area contributed by atoms with Crippen LogP contribution in [0.2, 0.25) is 0 Å².